The van der Waals surface area contributed by atoms with E-state index >= 15 is 0 Å². The Morgan fingerprint density at radius 1 is 1.15 bits per heavy atom. The summed E-state index contributed by atoms with van der Waals surface area (Å²) in [4.78, 5) is 26.8. The monoisotopic (exact) mass is 452 g/mol. The van der Waals surface area contributed by atoms with Gasteiger partial charge < -0.3 is 15.4 Å². The summed E-state index contributed by atoms with van der Waals surface area (Å²) in [7, 11) is 1.53. The summed E-state index contributed by atoms with van der Waals surface area (Å²) in [6, 6.07) is 10.2. The zero-order valence-electron chi connectivity index (χ0n) is 19.0. The van der Waals surface area contributed by atoms with Gasteiger partial charge in [-0.05, 0) is 37.0 Å². The van der Waals surface area contributed by atoms with Gasteiger partial charge in [0.25, 0.3) is 5.91 Å². The molecule has 2 N–H and O–H groups in total. The highest BCUT2D eigenvalue weighted by Gasteiger charge is 2.43. The first-order valence-electron chi connectivity index (χ1n) is 10.7. The number of anilines is 1. The van der Waals surface area contributed by atoms with Gasteiger partial charge in [0.15, 0.2) is 5.78 Å². The first-order valence-corrected chi connectivity index (χ1v) is 10.7. The van der Waals surface area contributed by atoms with E-state index in [1.54, 1.807) is 13.0 Å². The van der Waals surface area contributed by atoms with E-state index in [4.69, 9.17) is 4.74 Å². The third-order valence-electron chi connectivity index (χ3n) is 6.11. The van der Waals surface area contributed by atoms with Crippen LogP contribution >= 0.6 is 0 Å². The van der Waals surface area contributed by atoms with Gasteiger partial charge in [-0.15, -0.1) is 0 Å². The van der Waals surface area contributed by atoms with Crippen LogP contribution in [0.15, 0.2) is 65.0 Å². The number of methoxy groups -OCH3 is 1. The largest absolute Gasteiger partial charge is 0.496 e. The maximum Gasteiger partial charge on any atom is 0.254 e. The number of ketones is 1. The smallest absolute Gasteiger partial charge is 0.254 e. The summed E-state index contributed by atoms with van der Waals surface area (Å²) in [5.74, 6) is -2.39. The molecule has 7 heteroatoms. The fourth-order valence-electron chi connectivity index (χ4n) is 4.73. The highest BCUT2D eigenvalue weighted by molar-refractivity contribution is 6.10. The van der Waals surface area contributed by atoms with Gasteiger partial charge in [0, 0.05) is 40.6 Å². The molecule has 0 saturated carbocycles. The molecule has 1 unspecified atom stereocenters. The standard InChI is InChI=1S/C26H26F2N2O3/c1-14-22(25(32)30-18-10-9-15(27)11-17(18)28)23(16-7-5-6-8-21(16)33-4)24-19(29-14)12-26(2,3)13-20(24)31/h5-11,23,29H,12-13H2,1-4H3,(H,30,32). The number of allylic oxidation sites excluding steroid dienone is 3. The molecule has 2 aliphatic rings. The van der Waals surface area contributed by atoms with Gasteiger partial charge in [0.2, 0.25) is 0 Å². The number of carbonyl (C=O) groups is 2. The molecular formula is C26H26F2N2O3. The van der Waals surface area contributed by atoms with Gasteiger partial charge >= 0.3 is 0 Å². The van der Waals surface area contributed by atoms with Crippen LogP contribution in [0.4, 0.5) is 14.5 Å². The van der Waals surface area contributed by atoms with Crippen molar-refractivity contribution >= 4 is 17.4 Å². The first-order chi connectivity index (χ1) is 15.6. The molecule has 2 aromatic rings. The lowest BCUT2D eigenvalue weighted by Gasteiger charge is -2.40. The minimum atomic E-state index is -0.880. The second-order valence-corrected chi connectivity index (χ2v) is 9.25. The molecule has 0 fully saturated rings. The van der Waals surface area contributed by atoms with Crippen molar-refractivity contribution in [2.45, 2.75) is 39.5 Å². The average Bonchev–Trinajstić information content (AvgIpc) is 2.73. The molecule has 1 atom stereocenters. The number of para-hydroxylation sites is 1. The molecule has 0 saturated heterocycles. The van der Waals surface area contributed by atoms with Gasteiger partial charge in [-0.1, -0.05) is 32.0 Å². The Morgan fingerprint density at radius 2 is 1.88 bits per heavy atom. The van der Waals surface area contributed by atoms with Gasteiger partial charge in [-0.25, -0.2) is 8.78 Å². The molecule has 0 spiro atoms. The molecule has 33 heavy (non-hydrogen) atoms. The molecule has 172 valence electrons. The molecule has 4 rings (SSSR count). The Morgan fingerprint density at radius 3 is 2.58 bits per heavy atom. The molecular weight excluding hydrogens is 426 g/mol. The van der Waals surface area contributed by atoms with Crippen molar-refractivity contribution in [1.29, 1.82) is 0 Å². The molecule has 1 aliphatic carbocycles. The SMILES string of the molecule is COc1ccccc1C1C(C(=O)Nc2ccc(F)cc2F)=C(C)NC2=C1C(=O)CC(C)(C)C2. The van der Waals surface area contributed by atoms with Gasteiger partial charge in [-0.2, -0.15) is 0 Å². The molecule has 2 aromatic carbocycles. The zero-order chi connectivity index (χ0) is 23.9. The molecule has 0 bridgehead atoms. The quantitative estimate of drug-likeness (QED) is 0.668. The first kappa shape index (κ1) is 22.7. The van der Waals surface area contributed by atoms with Crippen molar-refractivity contribution in [3.8, 4) is 5.75 Å². The van der Waals surface area contributed by atoms with Gasteiger partial charge in [-0.3, -0.25) is 9.59 Å². The van der Waals surface area contributed by atoms with E-state index < -0.39 is 23.5 Å². The number of nitrogens with one attached hydrogen (secondary N) is 2. The summed E-state index contributed by atoms with van der Waals surface area (Å²) in [6.07, 6.45) is 0.998. The third kappa shape index (κ3) is 4.27. The summed E-state index contributed by atoms with van der Waals surface area (Å²) in [5.41, 5.74) is 2.47. The number of rotatable bonds is 4. The number of dihydropyridines is 1. The summed E-state index contributed by atoms with van der Waals surface area (Å²) < 4.78 is 33.1. The predicted molar refractivity (Wildman–Crippen MR) is 122 cm³/mol. The zero-order valence-corrected chi connectivity index (χ0v) is 19.0. The average molecular weight is 453 g/mol. The summed E-state index contributed by atoms with van der Waals surface area (Å²) in [5, 5.41) is 5.81. The van der Waals surface area contributed by atoms with E-state index in [9.17, 15) is 18.4 Å². The molecule has 0 aromatic heterocycles. The number of hydrogen-bond donors (Lipinski definition) is 2. The van der Waals surface area contributed by atoms with Crippen LogP contribution in [0.5, 0.6) is 5.75 Å². The lowest BCUT2D eigenvalue weighted by Crippen LogP contribution is -2.39. The Labute approximate surface area is 191 Å². The van der Waals surface area contributed by atoms with E-state index in [2.05, 4.69) is 10.6 Å². The lowest BCUT2D eigenvalue weighted by molar-refractivity contribution is -0.118. The van der Waals surface area contributed by atoms with Crippen molar-refractivity contribution in [2.75, 3.05) is 12.4 Å². The van der Waals surface area contributed by atoms with Crippen LogP contribution in [-0.4, -0.2) is 18.8 Å². The van der Waals surface area contributed by atoms with Crippen LogP contribution in [0.25, 0.3) is 0 Å². The van der Waals surface area contributed by atoms with Crippen molar-refractivity contribution in [3.05, 3.63) is 82.2 Å². The van der Waals surface area contributed by atoms with Crippen molar-refractivity contribution in [2.24, 2.45) is 5.41 Å². The lowest BCUT2D eigenvalue weighted by atomic mass is 9.68. The van der Waals surface area contributed by atoms with Crippen LogP contribution in [0.2, 0.25) is 0 Å². The third-order valence-corrected chi connectivity index (χ3v) is 6.11. The number of benzene rings is 2. The summed E-state index contributed by atoms with van der Waals surface area (Å²) in [6.45, 7) is 5.83. The number of ether oxygens (including phenoxy) is 1. The molecule has 0 radical (unpaired) electrons. The maximum atomic E-state index is 14.3. The highest BCUT2D eigenvalue weighted by Crippen LogP contribution is 2.48. The summed E-state index contributed by atoms with van der Waals surface area (Å²) >= 11 is 0. The number of halogens is 2. The Balaban J connectivity index is 1.84. The van der Waals surface area contributed by atoms with Crippen molar-refractivity contribution in [3.63, 3.8) is 0 Å². The number of carbonyl (C=O) groups excluding carboxylic acids is 2. The minimum Gasteiger partial charge on any atom is -0.496 e. The second kappa shape index (κ2) is 8.46. The van der Waals surface area contributed by atoms with Crippen LogP contribution in [0.1, 0.15) is 45.1 Å². The van der Waals surface area contributed by atoms with Crippen LogP contribution < -0.4 is 15.4 Å². The Kier molecular flexibility index (Phi) is 5.82. The van der Waals surface area contributed by atoms with Crippen molar-refractivity contribution in [1.82, 2.24) is 5.32 Å². The maximum absolute atomic E-state index is 14.3. The fraction of sp³-hybridized carbons (Fsp3) is 0.308. The minimum absolute atomic E-state index is 0.0459. The van der Waals surface area contributed by atoms with Crippen molar-refractivity contribution < 1.29 is 23.1 Å². The van der Waals surface area contributed by atoms with Crippen LogP contribution in [0, 0.1) is 17.0 Å². The molecule has 1 amide bonds. The molecule has 1 aliphatic heterocycles. The number of Topliss-reactive ketones (excluding diaryl/α,β-unsaturated/α-hetero) is 1. The second-order valence-electron chi connectivity index (χ2n) is 9.25. The highest BCUT2D eigenvalue weighted by atomic mass is 19.1. The van der Waals surface area contributed by atoms with E-state index in [-0.39, 0.29) is 22.5 Å². The van der Waals surface area contributed by atoms with Crippen LogP contribution in [-0.2, 0) is 9.59 Å². The predicted octanol–water partition coefficient (Wildman–Crippen LogP) is 5.22. The van der Waals surface area contributed by atoms with Gasteiger partial charge in [0.1, 0.15) is 17.4 Å². The van der Waals surface area contributed by atoms with E-state index in [1.807, 2.05) is 32.0 Å². The normalized spacial score (nSPS) is 19.7. The Bertz CT molecular complexity index is 1210. The van der Waals surface area contributed by atoms with E-state index in [0.29, 0.717) is 41.5 Å². The molecule has 1 heterocycles. The Hall–Kier alpha value is -3.48. The molecule has 5 nitrogen and oxygen atoms in total. The number of hydrogen-bond acceptors (Lipinski definition) is 4. The van der Waals surface area contributed by atoms with Gasteiger partial charge in [0.05, 0.1) is 18.7 Å². The number of amides is 1. The van der Waals surface area contributed by atoms with Crippen LogP contribution in [0.3, 0.4) is 0 Å². The fourth-order valence-corrected chi connectivity index (χ4v) is 4.73. The van der Waals surface area contributed by atoms with E-state index in [0.717, 1.165) is 11.8 Å². The topological polar surface area (TPSA) is 67.4 Å². The van der Waals surface area contributed by atoms with E-state index in [1.165, 1.54) is 13.2 Å².